The first-order valence-electron chi connectivity index (χ1n) is 5.22. The van der Waals surface area contributed by atoms with Gasteiger partial charge in [-0.25, -0.2) is 5.84 Å². The summed E-state index contributed by atoms with van der Waals surface area (Å²) in [7, 11) is 0. The highest BCUT2D eigenvalue weighted by molar-refractivity contribution is 5.69. The van der Waals surface area contributed by atoms with Crippen LogP contribution >= 0.6 is 0 Å². The number of nitriles is 1. The van der Waals surface area contributed by atoms with Crippen molar-refractivity contribution in [3.05, 3.63) is 35.5 Å². The van der Waals surface area contributed by atoms with Crippen LogP contribution in [0.25, 0.3) is 5.70 Å². The lowest BCUT2D eigenvalue weighted by molar-refractivity contribution is 0.370. The summed E-state index contributed by atoms with van der Waals surface area (Å²) in [6.07, 6.45) is 0. The second-order valence-electron chi connectivity index (χ2n) is 3.29. The normalized spacial score (nSPS) is 10.5. The lowest BCUT2D eigenvalue weighted by atomic mass is 10.1. The lowest BCUT2D eigenvalue weighted by Gasteiger charge is -2.07. The molecule has 0 fully saturated rings. The summed E-state index contributed by atoms with van der Waals surface area (Å²) >= 11 is 0. The Kier molecular flexibility index (Phi) is 5.11. The first-order valence-corrected chi connectivity index (χ1v) is 5.22. The molecule has 18 heavy (non-hydrogen) atoms. The molecule has 0 atom stereocenters. The minimum Gasteiger partial charge on any atom is -0.481 e. The molecule has 0 heterocycles. The lowest BCUT2D eigenvalue weighted by Crippen LogP contribution is -2.23. The molecule has 0 aromatic heterocycles. The maximum absolute atomic E-state index is 8.82. The van der Waals surface area contributed by atoms with Crippen molar-refractivity contribution in [2.45, 2.75) is 6.92 Å². The number of hydrazine groups is 1. The molecule has 5 N–H and O–H groups in total. The number of nitrogens with two attached hydrogens (primary N) is 2. The van der Waals surface area contributed by atoms with E-state index in [4.69, 9.17) is 21.6 Å². The van der Waals surface area contributed by atoms with E-state index in [9.17, 15) is 0 Å². The SMILES string of the molecule is CC#CCOc1cccc(/C(N)=C(\C#N)NN)c1. The molecule has 1 rings (SSSR count). The first kappa shape index (κ1) is 13.4. The Morgan fingerprint density at radius 2 is 2.28 bits per heavy atom. The fraction of sp³-hybridized carbons (Fsp3) is 0.154. The van der Waals surface area contributed by atoms with Gasteiger partial charge in [-0.05, 0) is 19.1 Å². The summed E-state index contributed by atoms with van der Waals surface area (Å²) < 4.78 is 5.40. The van der Waals surface area contributed by atoms with Crippen molar-refractivity contribution < 1.29 is 4.74 Å². The van der Waals surface area contributed by atoms with Gasteiger partial charge in [0.25, 0.3) is 0 Å². The Labute approximate surface area is 106 Å². The van der Waals surface area contributed by atoms with Crippen molar-refractivity contribution in [2.75, 3.05) is 6.61 Å². The fourth-order valence-electron chi connectivity index (χ4n) is 1.26. The standard InChI is InChI=1S/C13H14N4O/c1-2-3-7-18-11-6-4-5-10(8-11)13(15)12(9-14)17-16/h4-6,8,17H,7,15-16H2,1H3/b13-12-. The number of ether oxygens (including phenoxy) is 1. The number of rotatable bonds is 4. The molecule has 5 heteroatoms. The van der Waals surface area contributed by atoms with Crippen LogP contribution in [0.3, 0.4) is 0 Å². The van der Waals surface area contributed by atoms with E-state index in [0.29, 0.717) is 17.9 Å². The number of hydrogen-bond acceptors (Lipinski definition) is 5. The molecule has 0 aliphatic rings. The van der Waals surface area contributed by atoms with Crippen molar-refractivity contribution >= 4 is 5.70 Å². The maximum Gasteiger partial charge on any atom is 0.151 e. The molecule has 0 unspecified atom stereocenters. The van der Waals surface area contributed by atoms with E-state index in [1.165, 1.54) is 0 Å². The van der Waals surface area contributed by atoms with E-state index in [2.05, 4.69) is 17.3 Å². The third kappa shape index (κ3) is 3.44. The molecule has 0 amide bonds. The van der Waals surface area contributed by atoms with Crippen molar-refractivity contribution in [1.29, 1.82) is 5.26 Å². The zero-order chi connectivity index (χ0) is 13.4. The van der Waals surface area contributed by atoms with Gasteiger partial charge in [0.05, 0.1) is 5.70 Å². The number of allylic oxidation sites excluding steroid dienone is 1. The van der Waals surface area contributed by atoms with Gasteiger partial charge in [-0.2, -0.15) is 5.26 Å². The van der Waals surface area contributed by atoms with Crippen LogP contribution in [0.2, 0.25) is 0 Å². The van der Waals surface area contributed by atoms with Crippen LogP contribution in [-0.2, 0) is 0 Å². The Morgan fingerprint density at radius 1 is 1.50 bits per heavy atom. The van der Waals surface area contributed by atoms with Crippen LogP contribution in [0.4, 0.5) is 0 Å². The van der Waals surface area contributed by atoms with E-state index < -0.39 is 0 Å². The largest absolute Gasteiger partial charge is 0.481 e. The van der Waals surface area contributed by atoms with Gasteiger partial charge in [-0.3, -0.25) is 0 Å². The zero-order valence-electron chi connectivity index (χ0n) is 10.0. The van der Waals surface area contributed by atoms with Crippen molar-refractivity contribution in [3.63, 3.8) is 0 Å². The Bertz CT molecular complexity index is 546. The Morgan fingerprint density at radius 3 is 2.89 bits per heavy atom. The Balaban J connectivity index is 2.97. The van der Waals surface area contributed by atoms with Gasteiger partial charge >= 0.3 is 0 Å². The topological polar surface area (TPSA) is 97.1 Å². The van der Waals surface area contributed by atoms with Crippen molar-refractivity contribution in [2.24, 2.45) is 11.6 Å². The quantitative estimate of drug-likeness (QED) is 0.312. The molecule has 0 bridgehead atoms. The molecule has 1 aromatic rings. The average Bonchev–Trinajstić information content (AvgIpc) is 2.41. The summed E-state index contributed by atoms with van der Waals surface area (Å²) in [6.45, 7) is 2.05. The van der Waals surface area contributed by atoms with Gasteiger partial charge in [0.1, 0.15) is 18.4 Å². The van der Waals surface area contributed by atoms with E-state index in [1.807, 2.05) is 6.07 Å². The predicted molar refractivity (Wildman–Crippen MR) is 69.4 cm³/mol. The molecular weight excluding hydrogens is 228 g/mol. The monoisotopic (exact) mass is 242 g/mol. The number of nitrogens with zero attached hydrogens (tertiary/aromatic N) is 1. The molecule has 0 aliphatic carbocycles. The number of hydrogen-bond donors (Lipinski definition) is 3. The van der Waals surface area contributed by atoms with Crippen LogP contribution in [-0.4, -0.2) is 6.61 Å². The minimum atomic E-state index is 0.112. The van der Waals surface area contributed by atoms with Gasteiger partial charge in [0.2, 0.25) is 0 Å². The van der Waals surface area contributed by atoms with Gasteiger partial charge in [-0.15, -0.1) is 5.92 Å². The molecule has 5 nitrogen and oxygen atoms in total. The summed E-state index contributed by atoms with van der Waals surface area (Å²) in [5, 5.41) is 8.82. The van der Waals surface area contributed by atoms with E-state index in [0.717, 1.165) is 0 Å². The highest BCUT2D eigenvalue weighted by Crippen LogP contribution is 2.18. The molecule has 0 saturated heterocycles. The minimum absolute atomic E-state index is 0.112. The van der Waals surface area contributed by atoms with Crippen LogP contribution in [0.15, 0.2) is 30.0 Å². The second kappa shape index (κ2) is 6.85. The second-order valence-corrected chi connectivity index (χ2v) is 3.29. The summed E-state index contributed by atoms with van der Waals surface area (Å²) in [4.78, 5) is 0. The number of benzene rings is 1. The van der Waals surface area contributed by atoms with Crippen LogP contribution < -0.4 is 21.7 Å². The van der Waals surface area contributed by atoms with Gasteiger partial charge < -0.3 is 15.9 Å². The van der Waals surface area contributed by atoms with E-state index >= 15 is 0 Å². The molecule has 92 valence electrons. The van der Waals surface area contributed by atoms with Crippen LogP contribution in [0.5, 0.6) is 5.75 Å². The van der Waals surface area contributed by atoms with Crippen molar-refractivity contribution in [1.82, 2.24) is 5.43 Å². The predicted octanol–water partition coefficient (Wildman–Crippen LogP) is 0.703. The van der Waals surface area contributed by atoms with Crippen LogP contribution in [0.1, 0.15) is 12.5 Å². The van der Waals surface area contributed by atoms with Crippen molar-refractivity contribution in [3.8, 4) is 23.7 Å². The number of nitrogens with one attached hydrogen (secondary N) is 1. The summed E-state index contributed by atoms with van der Waals surface area (Å²) in [5.74, 6) is 11.4. The van der Waals surface area contributed by atoms with Gasteiger partial charge in [0.15, 0.2) is 5.70 Å². The molecule has 0 saturated carbocycles. The maximum atomic E-state index is 8.82. The zero-order valence-corrected chi connectivity index (χ0v) is 10.0. The van der Waals surface area contributed by atoms with Gasteiger partial charge in [-0.1, -0.05) is 18.1 Å². The molecule has 1 aromatic carbocycles. The third-order valence-corrected chi connectivity index (χ3v) is 2.16. The highest BCUT2D eigenvalue weighted by atomic mass is 16.5. The molecular formula is C13H14N4O. The molecule has 0 aliphatic heterocycles. The first-order chi connectivity index (χ1) is 8.72. The fourth-order valence-corrected chi connectivity index (χ4v) is 1.26. The Hall–Kier alpha value is -2.63. The summed E-state index contributed by atoms with van der Waals surface area (Å²) in [6, 6.07) is 8.93. The summed E-state index contributed by atoms with van der Waals surface area (Å²) in [5.41, 5.74) is 9.11. The smallest absolute Gasteiger partial charge is 0.151 e. The molecule has 0 spiro atoms. The highest BCUT2D eigenvalue weighted by Gasteiger charge is 2.05. The molecule has 0 radical (unpaired) electrons. The van der Waals surface area contributed by atoms with E-state index in [-0.39, 0.29) is 11.4 Å². The average molecular weight is 242 g/mol. The van der Waals surface area contributed by atoms with E-state index in [1.54, 1.807) is 31.2 Å². The van der Waals surface area contributed by atoms with Gasteiger partial charge in [0, 0.05) is 5.56 Å². The third-order valence-electron chi connectivity index (χ3n) is 2.16. The van der Waals surface area contributed by atoms with Crippen LogP contribution in [0, 0.1) is 23.2 Å².